The van der Waals surface area contributed by atoms with Gasteiger partial charge in [0.2, 0.25) is 0 Å². The van der Waals surface area contributed by atoms with Crippen LogP contribution in [0.3, 0.4) is 0 Å². The van der Waals surface area contributed by atoms with Crippen LogP contribution in [0.25, 0.3) is 0 Å². The Kier molecular flexibility index (Phi) is 4.76. The molecule has 20 heavy (non-hydrogen) atoms. The van der Waals surface area contributed by atoms with Gasteiger partial charge in [-0.15, -0.1) is 0 Å². The first-order valence-electron chi connectivity index (χ1n) is 8.30. The molecule has 3 nitrogen and oxygen atoms in total. The molecule has 0 aromatic carbocycles. The van der Waals surface area contributed by atoms with Crippen LogP contribution in [0, 0.1) is 28.6 Å². The van der Waals surface area contributed by atoms with Crippen LogP contribution in [-0.2, 0) is 0 Å². The molecule has 1 atom stereocenters. The summed E-state index contributed by atoms with van der Waals surface area (Å²) in [5.41, 5.74) is 0.139. The molecule has 0 aromatic heterocycles. The van der Waals surface area contributed by atoms with Gasteiger partial charge in [0.15, 0.2) is 0 Å². The molecule has 2 aliphatic rings. The molecule has 1 saturated carbocycles. The summed E-state index contributed by atoms with van der Waals surface area (Å²) >= 11 is 0. The van der Waals surface area contributed by atoms with Gasteiger partial charge in [0, 0.05) is 6.54 Å². The number of likely N-dealkylation sites (N-methyl/N-ethyl adjacent to an activating group) is 1. The first kappa shape index (κ1) is 15.8. The Morgan fingerprint density at radius 2 is 1.70 bits per heavy atom. The fraction of sp³-hybridized carbons (Fsp3) is 0.941. The van der Waals surface area contributed by atoms with Crippen molar-refractivity contribution in [3.63, 3.8) is 0 Å². The lowest BCUT2D eigenvalue weighted by Crippen LogP contribution is -2.55. The number of nitriles is 1. The highest BCUT2D eigenvalue weighted by molar-refractivity contribution is 5.16. The van der Waals surface area contributed by atoms with Crippen molar-refractivity contribution in [1.29, 1.82) is 5.26 Å². The van der Waals surface area contributed by atoms with E-state index in [1.54, 1.807) is 0 Å². The number of rotatable bonds is 5. The minimum atomic E-state index is -0.288. The van der Waals surface area contributed by atoms with Crippen LogP contribution in [0.1, 0.15) is 53.4 Å². The Morgan fingerprint density at radius 1 is 1.10 bits per heavy atom. The van der Waals surface area contributed by atoms with Crippen LogP contribution >= 0.6 is 0 Å². The predicted octanol–water partition coefficient (Wildman–Crippen LogP) is 3.03. The molecule has 0 spiro atoms. The summed E-state index contributed by atoms with van der Waals surface area (Å²) in [6.45, 7) is 13.3. The van der Waals surface area contributed by atoms with E-state index < -0.39 is 0 Å². The molecule has 0 amide bonds. The molecule has 1 unspecified atom stereocenters. The SMILES string of the molecule is CCNC(C#N)(CN1CCC(C(C)(C)C)CC1)C1CC1. The Morgan fingerprint density at radius 3 is 2.10 bits per heavy atom. The van der Waals surface area contributed by atoms with Gasteiger partial charge in [-0.3, -0.25) is 5.32 Å². The van der Waals surface area contributed by atoms with Gasteiger partial charge in [0.1, 0.15) is 5.54 Å². The second kappa shape index (κ2) is 6.03. The van der Waals surface area contributed by atoms with E-state index in [2.05, 4.69) is 44.0 Å². The van der Waals surface area contributed by atoms with Crippen LogP contribution in [0.5, 0.6) is 0 Å². The first-order valence-corrected chi connectivity index (χ1v) is 8.30. The van der Waals surface area contributed by atoms with E-state index in [1.807, 2.05) is 0 Å². The molecule has 1 heterocycles. The minimum Gasteiger partial charge on any atom is -0.300 e. The third kappa shape index (κ3) is 3.54. The molecule has 3 heteroatoms. The number of piperidine rings is 1. The monoisotopic (exact) mass is 277 g/mol. The Hall–Kier alpha value is -0.590. The summed E-state index contributed by atoms with van der Waals surface area (Å²) in [5.74, 6) is 1.41. The van der Waals surface area contributed by atoms with Crippen LogP contribution in [0.4, 0.5) is 0 Å². The predicted molar refractivity (Wildman–Crippen MR) is 83.4 cm³/mol. The van der Waals surface area contributed by atoms with Gasteiger partial charge in [-0.2, -0.15) is 5.26 Å². The van der Waals surface area contributed by atoms with Gasteiger partial charge >= 0.3 is 0 Å². The van der Waals surface area contributed by atoms with Crippen molar-refractivity contribution in [1.82, 2.24) is 10.2 Å². The van der Waals surface area contributed by atoms with Crippen molar-refractivity contribution in [2.45, 2.75) is 58.9 Å². The summed E-state index contributed by atoms with van der Waals surface area (Å²) < 4.78 is 0. The number of hydrogen-bond donors (Lipinski definition) is 1. The highest BCUT2D eigenvalue weighted by Gasteiger charge is 2.46. The van der Waals surface area contributed by atoms with Crippen molar-refractivity contribution in [3.8, 4) is 6.07 Å². The molecule has 1 N–H and O–H groups in total. The molecule has 1 aliphatic heterocycles. The Bertz CT molecular complexity index is 353. The van der Waals surface area contributed by atoms with Crippen LogP contribution in [0.15, 0.2) is 0 Å². The maximum atomic E-state index is 9.69. The lowest BCUT2D eigenvalue weighted by Gasteiger charge is -2.41. The van der Waals surface area contributed by atoms with E-state index in [-0.39, 0.29) is 5.54 Å². The molecule has 1 aliphatic carbocycles. The van der Waals surface area contributed by atoms with E-state index >= 15 is 0 Å². The van der Waals surface area contributed by atoms with E-state index in [1.165, 1.54) is 25.7 Å². The quantitative estimate of drug-likeness (QED) is 0.839. The van der Waals surface area contributed by atoms with Crippen molar-refractivity contribution in [3.05, 3.63) is 0 Å². The summed E-state index contributed by atoms with van der Waals surface area (Å²) in [6.07, 6.45) is 5.00. The minimum absolute atomic E-state index is 0.288. The van der Waals surface area contributed by atoms with Crippen molar-refractivity contribution < 1.29 is 0 Å². The van der Waals surface area contributed by atoms with Gasteiger partial charge in [-0.05, 0) is 62.6 Å². The van der Waals surface area contributed by atoms with Gasteiger partial charge in [-0.1, -0.05) is 27.7 Å². The molecule has 0 radical (unpaired) electrons. The summed E-state index contributed by atoms with van der Waals surface area (Å²) in [5, 5.41) is 13.2. The molecule has 0 bridgehead atoms. The molecule has 2 fully saturated rings. The normalized spacial score (nSPS) is 25.1. The summed E-state index contributed by atoms with van der Waals surface area (Å²) in [7, 11) is 0. The second-order valence-corrected chi connectivity index (χ2v) is 7.80. The topological polar surface area (TPSA) is 39.1 Å². The zero-order chi connectivity index (χ0) is 14.8. The fourth-order valence-corrected chi connectivity index (χ4v) is 3.70. The van der Waals surface area contributed by atoms with Crippen LogP contribution in [-0.4, -0.2) is 36.6 Å². The fourth-order valence-electron chi connectivity index (χ4n) is 3.70. The van der Waals surface area contributed by atoms with Crippen molar-refractivity contribution in [2.24, 2.45) is 17.3 Å². The second-order valence-electron chi connectivity index (χ2n) is 7.80. The average Bonchev–Trinajstić information content (AvgIpc) is 3.22. The maximum Gasteiger partial charge on any atom is 0.122 e. The Balaban J connectivity index is 1.92. The lowest BCUT2D eigenvalue weighted by molar-refractivity contribution is 0.0933. The molecular weight excluding hydrogens is 246 g/mol. The maximum absolute atomic E-state index is 9.69. The molecule has 0 aromatic rings. The molecule has 2 rings (SSSR count). The molecule has 114 valence electrons. The van der Waals surface area contributed by atoms with Gasteiger partial charge < -0.3 is 4.90 Å². The summed E-state index contributed by atoms with van der Waals surface area (Å²) in [6, 6.07) is 2.61. The molecule has 1 saturated heterocycles. The standard InChI is InChI=1S/C17H31N3/c1-5-19-17(12-18,15-6-7-15)13-20-10-8-14(9-11-20)16(2,3)4/h14-15,19H,5-11,13H2,1-4H3. The highest BCUT2D eigenvalue weighted by Crippen LogP contribution is 2.41. The van der Waals surface area contributed by atoms with Crippen LogP contribution < -0.4 is 5.32 Å². The number of nitrogens with zero attached hydrogens (tertiary/aromatic N) is 2. The van der Waals surface area contributed by atoms with Gasteiger partial charge in [0.25, 0.3) is 0 Å². The number of nitrogens with one attached hydrogen (secondary N) is 1. The first-order chi connectivity index (χ1) is 9.41. The number of hydrogen-bond acceptors (Lipinski definition) is 3. The van der Waals surface area contributed by atoms with E-state index in [9.17, 15) is 5.26 Å². The average molecular weight is 277 g/mol. The Labute approximate surface area is 124 Å². The summed E-state index contributed by atoms with van der Waals surface area (Å²) in [4.78, 5) is 2.52. The zero-order valence-electron chi connectivity index (χ0n) is 13.7. The highest BCUT2D eigenvalue weighted by atomic mass is 15.2. The lowest BCUT2D eigenvalue weighted by atomic mass is 9.75. The molecular formula is C17H31N3. The van der Waals surface area contributed by atoms with Crippen molar-refractivity contribution in [2.75, 3.05) is 26.2 Å². The van der Waals surface area contributed by atoms with E-state index in [0.29, 0.717) is 11.3 Å². The smallest absolute Gasteiger partial charge is 0.122 e. The zero-order valence-corrected chi connectivity index (χ0v) is 13.7. The van der Waals surface area contributed by atoms with Gasteiger partial charge in [-0.25, -0.2) is 0 Å². The van der Waals surface area contributed by atoms with Crippen LogP contribution in [0.2, 0.25) is 0 Å². The third-order valence-corrected chi connectivity index (χ3v) is 5.25. The van der Waals surface area contributed by atoms with Gasteiger partial charge in [0.05, 0.1) is 6.07 Å². The third-order valence-electron chi connectivity index (χ3n) is 5.25. The van der Waals surface area contributed by atoms with E-state index in [4.69, 9.17) is 0 Å². The van der Waals surface area contributed by atoms with E-state index in [0.717, 1.165) is 32.1 Å². The number of likely N-dealkylation sites (tertiary alicyclic amines) is 1. The van der Waals surface area contributed by atoms with Crippen molar-refractivity contribution >= 4 is 0 Å². The largest absolute Gasteiger partial charge is 0.300 e.